The lowest BCUT2D eigenvalue weighted by atomic mass is 10.2. The molecule has 0 aliphatic carbocycles. The molecule has 2 rings (SSSR count). The predicted molar refractivity (Wildman–Crippen MR) is 79.3 cm³/mol. The standard InChI is InChI=1S/C15H13N3O3/c1-11-6-8-12(9-7-11)10-16-17-15(19)13-4-2-3-5-14(13)18(20)21/h2-10H,1H3,(H,17,19). The molecule has 0 radical (unpaired) electrons. The van der Waals surface area contributed by atoms with Crippen LogP contribution in [0.15, 0.2) is 53.6 Å². The van der Waals surface area contributed by atoms with Gasteiger partial charge in [-0.25, -0.2) is 5.43 Å². The van der Waals surface area contributed by atoms with Gasteiger partial charge in [0.1, 0.15) is 5.56 Å². The Balaban J connectivity index is 2.08. The highest BCUT2D eigenvalue weighted by Crippen LogP contribution is 2.17. The third kappa shape index (κ3) is 3.73. The van der Waals surface area contributed by atoms with Gasteiger partial charge in [-0.1, -0.05) is 42.0 Å². The Bertz CT molecular complexity index is 694. The highest BCUT2D eigenvalue weighted by Gasteiger charge is 2.18. The number of aryl methyl sites for hydroxylation is 1. The molecule has 6 heteroatoms. The fourth-order valence-corrected chi connectivity index (χ4v) is 1.70. The fourth-order valence-electron chi connectivity index (χ4n) is 1.70. The predicted octanol–water partition coefficient (Wildman–Crippen LogP) is 2.67. The van der Waals surface area contributed by atoms with Crippen LogP contribution in [-0.2, 0) is 0 Å². The molecule has 2 aromatic carbocycles. The number of hydrogen-bond donors (Lipinski definition) is 1. The van der Waals surface area contributed by atoms with Crippen LogP contribution in [0.3, 0.4) is 0 Å². The molecule has 0 spiro atoms. The first kappa shape index (κ1) is 14.4. The number of nitrogens with one attached hydrogen (secondary N) is 1. The zero-order valence-electron chi connectivity index (χ0n) is 11.3. The number of nitro benzene ring substituents is 1. The van der Waals surface area contributed by atoms with Gasteiger partial charge in [0.05, 0.1) is 11.1 Å². The summed E-state index contributed by atoms with van der Waals surface area (Å²) in [5.74, 6) is -0.620. The number of para-hydroxylation sites is 1. The van der Waals surface area contributed by atoms with Crippen LogP contribution < -0.4 is 5.43 Å². The Morgan fingerprint density at radius 1 is 1.19 bits per heavy atom. The first-order chi connectivity index (χ1) is 10.1. The van der Waals surface area contributed by atoms with Gasteiger partial charge in [-0.2, -0.15) is 5.10 Å². The molecule has 0 saturated carbocycles. The van der Waals surface area contributed by atoms with Crippen LogP contribution in [0.25, 0.3) is 0 Å². The van der Waals surface area contributed by atoms with E-state index in [9.17, 15) is 14.9 Å². The van der Waals surface area contributed by atoms with Gasteiger partial charge in [0.15, 0.2) is 0 Å². The highest BCUT2D eigenvalue weighted by molar-refractivity contribution is 5.98. The average Bonchev–Trinajstić information content (AvgIpc) is 2.49. The molecule has 6 nitrogen and oxygen atoms in total. The van der Waals surface area contributed by atoms with Gasteiger partial charge in [0.2, 0.25) is 0 Å². The summed E-state index contributed by atoms with van der Waals surface area (Å²) in [6, 6.07) is 13.3. The van der Waals surface area contributed by atoms with Crippen LogP contribution in [0.4, 0.5) is 5.69 Å². The van der Waals surface area contributed by atoms with Crippen molar-refractivity contribution in [2.75, 3.05) is 0 Å². The van der Waals surface area contributed by atoms with E-state index in [4.69, 9.17) is 0 Å². The van der Waals surface area contributed by atoms with Crippen molar-refractivity contribution in [1.29, 1.82) is 0 Å². The molecule has 0 saturated heterocycles. The van der Waals surface area contributed by atoms with Crippen molar-refractivity contribution in [2.24, 2.45) is 5.10 Å². The molecule has 0 aromatic heterocycles. The molecule has 2 aromatic rings. The van der Waals surface area contributed by atoms with E-state index >= 15 is 0 Å². The first-order valence-electron chi connectivity index (χ1n) is 6.21. The Kier molecular flexibility index (Phi) is 4.40. The lowest BCUT2D eigenvalue weighted by Crippen LogP contribution is -2.18. The van der Waals surface area contributed by atoms with Gasteiger partial charge >= 0.3 is 0 Å². The van der Waals surface area contributed by atoms with Gasteiger partial charge in [-0.05, 0) is 18.6 Å². The topological polar surface area (TPSA) is 84.6 Å². The summed E-state index contributed by atoms with van der Waals surface area (Å²) in [5, 5.41) is 14.6. The Morgan fingerprint density at radius 2 is 1.86 bits per heavy atom. The Hall–Kier alpha value is -3.02. The lowest BCUT2D eigenvalue weighted by molar-refractivity contribution is -0.385. The van der Waals surface area contributed by atoms with Crippen molar-refractivity contribution in [3.63, 3.8) is 0 Å². The number of nitro groups is 1. The quantitative estimate of drug-likeness (QED) is 0.532. The van der Waals surface area contributed by atoms with Crippen molar-refractivity contribution in [3.05, 3.63) is 75.3 Å². The number of hydrazone groups is 1. The largest absolute Gasteiger partial charge is 0.282 e. The maximum atomic E-state index is 11.9. The van der Waals surface area contributed by atoms with E-state index in [2.05, 4.69) is 10.5 Å². The van der Waals surface area contributed by atoms with Crippen LogP contribution in [0.5, 0.6) is 0 Å². The summed E-state index contributed by atoms with van der Waals surface area (Å²) in [4.78, 5) is 22.1. The number of carbonyl (C=O) groups excluding carboxylic acids is 1. The minimum atomic E-state index is -0.620. The molecule has 0 fully saturated rings. The van der Waals surface area contributed by atoms with E-state index in [-0.39, 0.29) is 11.3 Å². The number of rotatable bonds is 4. The van der Waals surface area contributed by atoms with Gasteiger partial charge in [0.25, 0.3) is 11.6 Å². The number of carbonyl (C=O) groups is 1. The molecule has 0 bridgehead atoms. The number of benzene rings is 2. The van der Waals surface area contributed by atoms with Gasteiger partial charge in [0, 0.05) is 6.07 Å². The van der Waals surface area contributed by atoms with Gasteiger partial charge in [-0.15, -0.1) is 0 Å². The maximum absolute atomic E-state index is 11.9. The molecule has 0 aliphatic rings. The molecule has 106 valence electrons. The molecule has 0 heterocycles. The second-order valence-corrected chi connectivity index (χ2v) is 4.38. The van der Waals surface area contributed by atoms with E-state index in [1.165, 1.54) is 24.4 Å². The molecule has 1 amide bonds. The van der Waals surface area contributed by atoms with E-state index in [1.807, 2.05) is 31.2 Å². The molecular weight excluding hydrogens is 270 g/mol. The lowest BCUT2D eigenvalue weighted by Gasteiger charge is -2.01. The molecule has 21 heavy (non-hydrogen) atoms. The van der Waals surface area contributed by atoms with E-state index < -0.39 is 10.8 Å². The number of nitrogens with zero attached hydrogens (tertiary/aromatic N) is 2. The van der Waals surface area contributed by atoms with E-state index in [0.717, 1.165) is 11.1 Å². The third-order valence-electron chi connectivity index (χ3n) is 2.80. The summed E-state index contributed by atoms with van der Waals surface area (Å²) in [5.41, 5.74) is 3.95. The smallest absolute Gasteiger partial charge is 0.267 e. The highest BCUT2D eigenvalue weighted by atomic mass is 16.6. The minimum absolute atomic E-state index is 0.0245. The Labute approximate surface area is 121 Å². The average molecular weight is 283 g/mol. The second kappa shape index (κ2) is 6.42. The molecule has 1 N–H and O–H groups in total. The van der Waals surface area contributed by atoms with E-state index in [0.29, 0.717) is 0 Å². The van der Waals surface area contributed by atoms with Gasteiger partial charge in [-0.3, -0.25) is 14.9 Å². The van der Waals surface area contributed by atoms with Crippen LogP contribution in [0, 0.1) is 17.0 Å². The van der Waals surface area contributed by atoms with Gasteiger partial charge < -0.3 is 0 Å². The molecular formula is C15H13N3O3. The SMILES string of the molecule is Cc1ccc(C=NNC(=O)c2ccccc2[N+](=O)[O-])cc1. The van der Waals surface area contributed by atoms with Crippen LogP contribution in [0.2, 0.25) is 0 Å². The molecule has 0 atom stereocenters. The van der Waals surface area contributed by atoms with Crippen LogP contribution in [0.1, 0.15) is 21.5 Å². The third-order valence-corrected chi connectivity index (χ3v) is 2.80. The van der Waals surface area contributed by atoms with Crippen molar-refractivity contribution < 1.29 is 9.72 Å². The molecule has 0 aliphatic heterocycles. The normalized spacial score (nSPS) is 10.5. The zero-order valence-corrected chi connectivity index (χ0v) is 11.3. The number of amides is 1. The summed E-state index contributed by atoms with van der Waals surface area (Å²) in [7, 11) is 0. The van der Waals surface area contributed by atoms with Crippen molar-refractivity contribution in [2.45, 2.75) is 6.92 Å². The van der Waals surface area contributed by atoms with Crippen LogP contribution in [-0.4, -0.2) is 17.0 Å². The molecule has 0 unspecified atom stereocenters. The maximum Gasteiger partial charge on any atom is 0.282 e. The summed E-state index contributed by atoms with van der Waals surface area (Å²) >= 11 is 0. The van der Waals surface area contributed by atoms with E-state index in [1.54, 1.807) is 6.07 Å². The second-order valence-electron chi connectivity index (χ2n) is 4.38. The monoisotopic (exact) mass is 283 g/mol. The summed E-state index contributed by atoms with van der Waals surface area (Å²) in [6.45, 7) is 1.97. The van der Waals surface area contributed by atoms with Crippen molar-refractivity contribution in [3.8, 4) is 0 Å². The first-order valence-corrected chi connectivity index (χ1v) is 6.21. The van der Waals surface area contributed by atoms with Crippen molar-refractivity contribution >= 4 is 17.8 Å². The number of hydrogen-bond acceptors (Lipinski definition) is 4. The summed E-state index contributed by atoms with van der Waals surface area (Å²) in [6.07, 6.45) is 1.48. The minimum Gasteiger partial charge on any atom is -0.267 e. The fraction of sp³-hybridized carbons (Fsp3) is 0.0667. The van der Waals surface area contributed by atoms with Crippen LogP contribution >= 0.6 is 0 Å². The van der Waals surface area contributed by atoms with Crippen molar-refractivity contribution in [1.82, 2.24) is 5.43 Å². The summed E-state index contributed by atoms with van der Waals surface area (Å²) < 4.78 is 0. The zero-order chi connectivity index (χ0) is 15.2. The Morgan fingerprint density at radius 3 is 2.52 bits per heavy atom.